The standard InChI is InChI=1S/C13H19NO/c1-11(2)8-9-15-13-6-4-12(5-7-13)10-14-3/h4-8,14H,9-10H2,1-3H3. The Kier molecular flexibility index (Phi) is 4.91. The Bertz CT molecular complexity index is 310. The van der Waals surface area contributed by atoms with E-state index in [1.165, 1.54) is 11.1 Å². The molecule has 1 aromatic carbocycles. The van der Waals surface area contributed by atoms with Crippen LogP contribution in [0.5, 0.6) is 5.75 Å². The number of hydrogen-bond acceptors (Lipinski definition) is 2. The molecule has 1 aromatic rings. The molecule has 2 nitrogen and oxygen atoms in total. The van der Waals surface area contributed by atoms with E-state index >= 15 is 0 Å². The quantitative estimate of drug-likeness (QED) is 0.746. The van der Waals surface area contributed by atoms with Gasteiger partial charge in [-0.1, -0.05) is 17.7 Å². The highest BCUT2D eigenvalue weighted by Gasteiger charge is 1.93. The van der Waals surface area contributed by atoms with E-state index in [9.17, 15) is 0 Å². The molecule has 0 saturated carbocycles. The van der Waals surface area contributed by atoms with E-state index in [1.807, 2.05) is 19.2 Å². The summed E-state index contributed by atoms with van der Waals surface area (Å²) in [6.07, 6.45) is 2.07. The van der Waals surface area contributed by atoms with Crippen LogP contribution in [0.15, 0.2) is 35.9 Å². The van der Waals surface area contributed by atoms with E-state index in [2.05, 4.69) is 37.4 Å². The van der Waals surface area contributed by atoms with Gasteiger partial charge in [-0.05, 0) is 44.7 Å². The van der Waals surface area contributed by atoms with E-state index in [0.29, 0.717) is 6.61 Å². The Morgan fingerprint density at radius 1 is 1.27 bits per heavy atom. The number of hydrogen-bond donors (Lipinski definition) is 1. The van der Waals surface area contributed by atoms with Crippen molar-refractivity contribution in [2.45, 2.75) is 20.4 Å². The van der Waals surface area contributed by atoms with Crippen LogP contribution in [-0.4, -0.2) is 13.7 Å². The lowest BCUT2D eigenvalue weighted by Crippen LogP contribution is -2.04. The molecule has 0 bridgehead atoms. The van der Waals surface area contributed by atoms with Gasteiger partial charge in [0.2, 0.25) is 0 Å². The molecule has 0 atom stereocenters. The molecule has 0 aliphatic carbocycles. The first kappa shape index (κ1) is 11.8. The summed E-state index contributed by atoms with van der Waals surface area (Å²) in [6.45, 7) is 5.68. The van der Waals surface area contributed by atoms with Crippen molar-refractivity contribution in [2.24, 2.45) is 0 Å². The van der Waals surface area contributed by atoms with Crippen molar-refractivity contribution in [1.29, 1.82) is 0 Å². The molecule has 0 aliphatic heterocycles. The van der Waals surface area contributed by atoms with Crippen molar-refractivity contribution >= 4 is 0 Å². The van der Waals surface area contributed by atoms with Crippen LogP contribution in [0.3, 0.4) is 0 Å². The third-order valence-corrected chi connectivity index (χ3v) is 2.05. The summed E-state index contributed by atoms with van der Waals surface area (Å²) in [5, 5.41) is 3.11. The lowest BCUT2D eigenvalue weighted by molar-refractivity contribution is 0.362. The Morgan fingerprint density at radius 3 is 2.47 bits per heavy atom. The third-order valence-electron chi connectivity index (χ3n) is 2.05. The molecular weight excluding hydrogens is 186 g/mol. The van der Waals surface area contributed by atoms with E-state index in [0.717, 1.165) is 12.3 Å². The summed E-state index contributed by atoms with van der Waals surface area (Å²) >= 11 is 0. The molecule has 1 rings (SSSR count). The first-order chi connectivity index (χ1) is 7.22. The number of nitrogens with one attached hydrogen (secondary N) is 1. The Morgan fingerprint density at radius 2 is 1.93 bits per heavy atom. The van der Waals surface area contributed by atoms with Gasteiger partial charge in [0.1, 0.15) is 12.4 Å². The maximum Gasteiger partial charge on any atom is 0.119 e. The topological polar surface area (TPSA) is 21.3 Å². The highest BCUT2D eigenvalue weighted by molar-refractivity contribution is 5.27. The van der Waals surface area contributed by atoms with Gasteiger partial charge in [-0.2, -0.15) is 0 Å². The molecule has 1 N–H and O–H groups in total. The minimum atomic E-state index is 0.647. The van der Waals surface area contributed by atoms with Crippen molar-refractivity contribution in [3.8, 4) is 5.75 Å². The smallest absolute Gasteiger partial charge is 0.119 e. The van der Waals surface area contributed by atoms with E-state index in [1.54, 1.807) is 0 Å². The summed E-state index contributed by atoms with van der Waals surface area (Å²) in [7, 11) is 1.94. The Balaban J connectivity index is 2.46. The lowest BCUT2D eigenvalue weighted by Gasteiger charge is -2.05. The molecule has 0 aliphatic rings. The second-order valence-corrected chi connectivity index (χ2v) is 3.77. The fourth-order valence-corrected chi connectivity index (χ4v) is 1.21. The van der Waals surface area contributed by atoms with Crippen molar-refractivity contribution in [3.05, 3.63) is 41.5 Å². The van der Waals surface area contributed by atoms with Gasteiger partial charge in [-0.25, -0.2) is 0 Å². The molecule has 0 saturated heterocycles. The van der Waals surface area contributed by atoms with Gasteiger partial charge in [0.15, 0.2) is 0 Å². The summed E-state index contributed by atoms with van der Waals surface area (Å²) in [5.74, 6) is 0.923. The van der Waals surface area contributed by atoms with Gasteiger partial charge in [-0.15, -0.1) is 0 Å². The van der Waals surface area contributed by atoms with Crippen LogP contribution in [0.1, 0.15) is 19.4 Å². The van der Waals surface area contributed by atoms with Crippen LogP contribution in [0, 0.1) is 0 Å². The highest BCUT2D eigenvalue weighted by atomic mass is 16.5. The number of allylic oxidation sites excluding steroid dienone is 1. The van der Waals surface area contributed by atoms with Crippen molar-refractivity contribution in [1.82, 2.24) is 5.32 Å². The molecule has 0 amide bonds. The minimum absolute atomic E-state index is 0.647. The molecule has 82 valence electrons. The first-order valence-corrected chi connectivity index (χ1v) is 5.22. The largest absolute Gasteiger partial charge is 0.490 e. The molecule has 0 spiro atoms. The van der Waals surface area contributed by atoms with Crippen LogP contribution in [0.2, 0.25) is 0 Å². The van der Waals surface area contributed by atoms with Gasteiger partial charge in [0, 0.05) is 6.54 Å². The zero-order valence-electron chi connectivity index (χ0n) is 9.71. The lowest BCUT2D eigenvalue weighted by atomic mass is 10.2. The van der Waals surface area contributed by atoms with Crippen LogP contribution >= 0.6 is 0 Å². The summed E-state index contributed by atoms with van der Waals surface area (Å²) in [4.78, 5) is 0. The average Bonchev–Trinajstić information content (AvgIpc) is 2.20. The molecular formula is C13H19NO. The molecule has 2 heteroatoms. The fourth-order valence-electron chi connectivity index (χ4n) is 1.21. The van der Waals surface area contributed by atoms with Crippen LogP contribution in [-0.2, 0) is 6.54 Å². The van der Waals surface area contributed by atoms with E-state index < -0.39 is 0 Å². The second-order valence-electron chi connectivity index (χ2n) is 3.77. The summed E-state index contributed by atoms with van der Waals surface area (Å²) < 4.78 is 5.55. The zero-order chi connectivity index (χ0) is 11.1. The van der Waals surface area contributed by atoms with Gasteiger partial charge in [-0.3, -0.25) is 0 Å². The van der Waals surface area contributed by atoms with Gasteiger partial charge in [0.05, 0.1) is 0 Å². The summed E-state index contributed by atoms with van der Waals surface area (Å²) in [6, 6.07) is 8.17. The molecule has 0 unspecified atom stereocenters. The predicted molar refractivity (Wildman–Crippen MR) is 64.1 cm³/mol. The molecule has 0 fully saturated rings. The molecule has 15 heavy (non-hydrogen) atoms. The highest BCUT2D eigenvalue weighted by Crippen LogP contribution is 2.12. The minimum Gasteiger partial charge on any atom is -0.490 e. The van der Waals surface area contributed by atoms with Crippen molar-refractivity contribution in [2.75, 3.05) is 13.7 Å². The summed E-state index contributed by atoms with van der Waals surface area (Å²) in [5.41, 5.74) is 2.55. The predicted octanol–water partition coefficient (Wildman–Crippen LogP) is 2.75. The second kappa shape index (κ2) is 6.25. The number of rotatable bonds is 5. The molecule has 0 aromatic heterocycles. The normalized spacial score (nSPS) is 9.80. The Labute approximate surface area is 92.0 Å². The SMILES string of the molecule is CNCc1ccc(OCC=C(C)C)cc1. The first-order valence-electron chi connectivity index (χ1n) is 5.22. The van der Waals surface area contributed by atoms with Crippen molar-refractivity contribution < 1.29 is 4.74 Å². The zero-order valence-corrected chi connectivity index (χ0v) is 9.71. The third kappa shape index (κ3) is 4.66. The van der Waals surface area contributed by atoms with Gasteiger partial charge in [0.25, 0.3) is 0 Å². The van der Waals surface area contributed by atoms with Crippen LogP contribution < -0.4 is 10.1 Å². The number of ether oxygens (including phenoxy) is 1. The van der Waals surface area contributed by atoms with Gasteiger partial charge >= 0.3 is 0 Å². The van der Waals surface area contributed by atoms with E-state index in [4.69, 9.17) is 4.74 Å². The average molecular weight is 205 g/mol. The van der Waals surface area contributed by atoms with E-state index in [-0.39, 0.29) is 0 Å². The van der Waals surface area contributed by atoms with Gasteiger partial charge < -0.3 is 10.1 Å². The monoisotopic (exact) mass is 205 g/mol. The molecule has 0 heterocycles. The van der Waals surface area contributed by atoms with Crippen LogP contribution in [0.25, 0.3) is 0 Å². The fraction of sp³-hybridized carbons (Fsp3) is 0.385. The van der Waals surface area contributed by atoms with Crippen LogP contribution in [0.4, 0.5) is 0 Å². The number of benzene rings is 1. The van der Waals surface area contributed by atoms with Crippen molar-refractivity contribution in [3.63, 3.8) is 0 Å². The maximum atomic E-state index is 5.55. The molecule has 0 radical (unpaired) electrons. The maximum absolute atomic E-state index is 5.55. The Hall–Kier alpha value is -1.28.